The zero-order valence-corrected chi connectivity index (χ0v) is 11.2. The first-order valence-electron chi connectivity index (χ1n) is 5.54. The molecule has 90 valence electrons. The topological polar surface area (TPSA) is 52.0 Å². The van der Waals surface area contributed by atoms with E-state index in [1.54, 1.807) is 0 Å². The predicted molar refractivity (Wildman–Crippen MR) is 64.0 cm³/mol. The third-order valence-electron chi connectivity index (χ3n) is 3.10. The summed E-state index contributed by atoms with van der Waals surface area (Å²) in [6.45, 7) is 1.70. The van der Waals surface area contributed by atoms with Crippen molar-refractivity contribution in [2.75, 3.05) is 20.3 Å². The highest BCUT2D eigenvalue weighted by Crippen LogP contribution is 2.31. The summed E-state index contributed by atoms with van der Waals surface area (Å²) in [5, 5.41) is 11.4. The number of aryl methyl sites for hydroxylation is 1. The van der Waals surface area contributed by atoms with E-state index in [0.717, 1.165) is 29.9 Å². The van der Waals surface area contributed by atoms with Crippen LogP contribution in [0.5, 0.6) is 0 Å². The Labute approximate surface area is 104 Å². The molecule has 2 unspecified atom stereocenters. The van der Waals surface area contributed by atoms with Crippen LogP contribution in [0.25, 0.3) is 0 Å². The molecular formula is C10H17BrN4O. The number of halogens is 1. The van der Waals surface area contributed by atoms with Gasteiger partial charge in [-0.2, -0.15) is 0 Å². The highest BCUT2D eigenvalue weighted by Gasteiger charge is 2.28. The molecule has 1 aromatic heterocycles. The van der Waals surface area contributed by atoms with E-state index in [2.05, 4.69) is 31.6 Å². The van der Waals surface area contributed by atoms with Crippen molar-refractivity contribution in [3.05, 3.63) is 10.3 Å². The second-order valence-electron chi connectivity index (χ2n) is 4.13. The third-order valence-corrected chi connectivity index (χ3v) is 3.66. The Kier molecular flexibility index (Phi) is 3.94. The number of nitrogens with zero attached hydrogens (tertiary/aromatic N) is 3. The van der Waals surface area contributed by atoms with Gasteiger partial charge in [-0.05, 0) is 35.8 Å². The maximum absolute atomic E-state index is 5.54. The fourth-order valence-corrected chi connectivity index (χ4v) is 2.87. The summed E-state index contributed by atoms with van der Waals surface area (Å²) in [5.41, 5.74) is 1.10. The summed E-state index contributed by atoms with van der Waals surface area (Å²) < 4.78 is 8.18. The van der Waals surface area contributed by atoms with Crippen molar-refractivity contribution < 1.29 is 4.74 Å². The Morgan fingerprint density at radius 1 is 1.62 bits per heavy atom. The second kappa shape index (κ2) is 5.25. The van der Waals surface area contributed by atoms with Crippen LogP contribution in [-0.4, -0.2) is 35.3 Å². The lowest BCUT2D eigenvalue weighted by molar-refractivity contribution is 0.0389. The fraction of sp³-hybridized carbons (Fsp3) is 0.800. The van der Waals surface area contributed by atoms with Crippen molar-refractivity contribution in [1.82, 2.24) is 20.3 Å². The van der Waals surface area contributed by atoms with Crippen LogP contribution in [-0.2, 0) is 11.8 Å². The largest absolute Gasteiger partial charge is 0.381 e. The molecule has 0 amide bonds. The summed E-state index contributed by atoms with van der Waals surface area (Å²) in [7, 11) is 3.89. The van der Waals surface area contributed by atoms with Crippen molar-refractivity contribution in [3.8, 4) is 0 Å². The van der Waals surface area contributed by atoms with Gasteiger partial charge in [-0.15, -0.1) is 5.10 Å². The molecule has 1 fully saturated rings. The van der Waals surface area contributed by atoms with Gasteiger partial charge in [-0.1, -0.05) is 5.21 Å². The van der Waals surface area contributed by atoms with Gasteiger partial charge in [0.2, 0.25) is 0 Å². The summed E-state index contributed by atoms with van der Waals surface area (Å²) >= 11 is 3.45. The van der Waals surface area contributed by atoms with Crippen molar-refractivity contribution in [3.63, 3.8) is 0 Å². The van der Waals surface area contributed by atoms with Gasteiger partial charge in [0.1, 0.15) is 0 Å². The van der Waals surface area contributed by atoms with Gasteiger partial charge in [-0.25, -0.2) is 4.68 Å². The highest BCUT2D eigenvalue weighted by atomic mass is 79.9. The zero-order valence-electron chi connectivity index (χ0n) is 9.61. The molecule has 1 aliphatic rings. The van der Waals surface area contributed by atoms with Crippen LogP contribution in [0.15, 0.2) is 4.60 Å². The number of aromatic nitrogens is 3. The molecule has 0 radical (unpaired) electrons. The van der Waals surface area contributed by atoms with Crippen LogP contribution in [0.2, 0.25) is 0 Å². The number of hydrogen-bond donors (Lipinski definition) is 1. The monoisotopic (exact) mass is 288 g/mol. The minimum absolute atomic E-state index is 0.245. The van der Waals surface area contributed by atoms with E-state index < -0.39 is 0 Å². The molecule has 2 rings (SSSR count). The van der Waals surface area contributed by atoms with Crippen LogP contribution in [0.1, 0.15) is 24.6 Å². The molecule has 0 aliphatic carbocycles. The molecule has 1 N–H and O–H groups in total. The van der Waals surface area contributed by atoms with E-state index in [4.69, 9.17) is 4.74 Å². The van der Waals surface area contributed by atoms with E-state index >= 15 is 0 Å². The first-order chi connectivity index (χ1) is 7.74. The molecule has 16 heavy (non-hydrogen) atoms. The Morgan fingerprint density at radius 3 is 2.94 bits per heavy atom. The molecule has 0 aromatic carbocycles. The van der Waals surface area contributed by atoms with Crippen molar-refractivity contribution >= 4 is 15.9 Å². The van der Waals surface area contributed by atoms with Gasteiger partial charge in [0.25, 0.3) is 0 Å². The smallest absolute Gasteiger partial charge is 0.153 e. The number of nitrogens with one attached hydrogen (secondary N) is 1. The van der Waals surface area contributed by atoms with Crippen LogP contribution < -0.4 is 5.32 Å². The average Bonchev–Trinajstić information content (AvgIpc) is 2.63. The minimum atomic E-state index is 0.245. The van der Waals surface area contributed by atoms with Crippen LogP contribution >= 0.6 is 15.9 Å². The predicted octanol–water partition coefficient (Wildman–Crippen LogP) is 1.26. The standard InChI is InChI=1S/C10H17BrN4O/c1-12-8(7-4-3-5-16-6-7)9-10(11)13-14-15(9)2/h7-8,12H,3-6H2,1-2H3. The summed E-state index contributed by atoms with van der Waals surface area (Å²) in [4.78, 5) is 0. The quantitative estimate of drug-likeness (QED) is 0.910. The minimum Gasteiger partial charge on any atom is -0.381 e. The lowest BCUT2D eigenvalue weighted by Gasteiger charge is -2.29. The molecule has 1 aromatic rings. The molecule has 2 heterocycles. The summed E-state index contributed by atoms with van der Waals surface area (Å²) in [6.07, 6.45) is 2.31. The molecule has 1 aliphatic heterocycles. The van der Waals surface area contributed by atoms with Gasteiger partial charge in [0.05, 0.1) is 18.3 Å². The Balaban J connectivity index is 2.21. The average molecular weight is 289 g/mol. The van der Waals surface area contributed by atoms with Gasteiger partial charge < -0.3 is 10.1 Å². The molecule has 0 bridgehead atoms. The van der Waals surface area contributed by atoms with Gasteiger partial charge in [0.15, 0.2) is 4.60 Å². The highest BCUT2D eigenvalue weighted by molar-refractivity contribution is 9.10. The van der Waals surface area contributed by atoms with Crippen molar-refractivity contribution in [2.24, 2.45) is 13.0 Å². The Morgan fingerprint density at radius 2 is 2.44 bits per heavy atom. The zero-order chi connectivity index (χ0) is 11.5. The maximum Gasteiger partial charge on any atom is 0.153 e. The van der Waals surface area contributed by atoms with Crippen LogP contribution in [0.3, 0.4) is 0 Å². The van der Waals surface area contributed by atoms with Crippen LogP contribution in [0, 0.1) is 5.92 Å². The normalized spacial score (nSPS) is 23.3. The van der Waals surface area contributed by atoms with E-state index in [0.29, 0.717) is 5.92 Å². The Hall–Kier alpha value is -0.460. The number of rotatable bonds is 3. The number of hydrogen-bond acceptors (Lipinski definition) is 4. The molecule has 5 nitrogen and oxygen atoms in total. The summed E-state index contributed by atoms with van der Waals surface area (Å²) in [6, 6.07) is 0.245. The number of ether oxygens (including phenoxy) is 1. The van der Waals surface area contributed by atoms with Gasteiger partial charge in [-0.3, -0.25) is 0 Å². The van der Waals surface area contributed by atoms with Gasteiger partial charge in [0, 0.05) is 19.6 Å². The fourth-order valence-electron chi connectivity index (χ4n) is 2.29. The third kappa shape index (κ3) is 2.28. The van der Waals surface area contributed by atoms with Crippen LogP contribution in [0.4, 0.5) is 0 Å². The molecule has 0 saturated carbocycles. The lowest BCUT2D eigenvalue weighted by Crippen LogP contribution is -2.33. The first kappa shape index (κ1) is 12.0. The Bertz CT molecular complexity index is 329. The second-order valence-corrected chi connectivity index (χ2v) is 4.88. The molecular weight excluding hydrogens is 272 g/mol. The first-order valence-corrected chi connectivity index (χ1v) is 6.33. The SMILES string of the molecule is CNC(c1c(Br)nnn1C)C1CCCOC1. The molecule has 6 heteroatoms. The van der Waals surface area contributed by atoms with Crippen molar-refractivity contribution in [2.45, 2.75) is 18.9 Å². The van der Waals surface area contributed by atoms with Gasteiger partial charge >= 0.3 is 0 Å². The molecule has 0 spiro atoms. The lowest BCUT2D eigenvalue weighted by atomic mass is 9.92. The van der Waals surface area contributed by atoms with E-state index in [9.17, 15) is 0 Å². The summed E-state index contributed by atoms with van der Waals surface area (Å²) in [5.74, 6) is 0.493. The molecule has 1 saturated heterocycles. The van der Waals surface area contributed by atoms with Crippen molar-refractivity contribution in [1.29, 1.82) is 0 Å². The van der Waals surface area contributed by atoms with E-state index in [1.807, 2.05) is 18.8 Å². The van der Waals surface area contributed by atoms with E-state index in [-0.39, 0.29) is 6.04 Å². The van der Waals surface area contributed by atoms with E-state index in [1.165, 1.54) is 6.42 Å². The molecule has 2 atom stereocenters. The maximum atomic E-state index is 5.54.